The SMILES string of the molecule is CCCc1ccc(C(NC)C(C)(C)OC)cc1. The third-order valence-corrected chi connectivity index (χ3v) is 3.36. The van der Waals surface area contributed by atoms with E-state index in [1.54, 1.807) is 7.11 Å². The van der Waals surface area contributed by atoms with Gasteiger partial charge in [-0.25, -0.2) is 0 Å². The normalized spacial score (nSPS) is 13.7. The molecule has 0 saturated heterocycles. The molecule has 0 aliphatic carbocycles. The minimum atomic E-state index is -0.207. The van der Waals surface area contributed by atoms with Gasteiger partial charge in [0.25, 0.3) is 0 Å². The lowest BCUT2D eigenvalue weighted by Gasteiger charge is -2.33. The molecule has 0 spiro atoms. The molecule has 2 heteroatoms. The first-order valence-corrected chi connectivity index (χ1v) is 6.36. The van der Waals surface area contributed by atoms with E-state index in [1.165, 1.54) is 17.5 Å². The summed E-state index contributed by atoms with van der Waals surface area (Å²) >= 11 is 0. The Balaban J connectivity index is 2.89. The van der Waals surface area contributed by atoms with Crippen molar-refractivity contribution in [2.75, 3.05) is 14.2 Å². The van der Waals surface area contributed by atoms with Gasteiger partial charge in [-0.05, 0) is 38.4 Å². The van der Waals surface area contributed by atoms with Gasteiger partial charge >= 0.3 is 0 Å². The molecule has 2 nitrogen and oxygen atoms in total. The van der Waals surface area contributed by atoms with E-state index in [9.17, 15) is 0 Å². The Hall–Kier alpha value is -0.860. The Morgan fingerprint density at radius 2 is 1.82 bits per heavy atom. The summed E-state index contributed by atoms with van der Waals surface area (Å²) < 4.78 is 5.56. The number of methoxy groups -OCH3 is 1. The molecule has 1 aromatic rings. The maximum absolute atomic E-state index is 5.56. The van der Waals surface area contributed by atoms with Crippen LogP contribution in [0.2, 0.25) is 0 Å². The van der Waals surface area contributed by atoms with Crippen molar-refractivity contribution in [1.29, 1.82) is 0 Å². The second-order valence-corrected chi connectivity index (χ2v) is 5.02. The topological polar surface area (TPSA) is 21.3 Å². The molecular weight excluding hydrogens is 210 g/mol. The van der Waals surface area contributed by atoms with Gasteiger partial charge in [0.15, 0.2) is 0 Å². The van der Waals surface area contributed by atoms with Gasteiger partial charge in [-0.15, -0.1) is 0 Å². The van der Waals surface area contributed by atoms with Crippen molar-refractivity contribution >= 4 is 0 Å². The fraction of sp³-hybridized carbons (Fsp3) is 0.600. The molecule has 1 N–H and O–H groups in total. The van der Waals surface area contributed by atoms with E-state index in [-0.39, 0.29) is 11.6 Å². The zero-order valence-corrected chi connectivity index (χ0v) is 11.7. The van der Waals surface area contributed by atoms with Crippen LogP contribution in [0.25, 0.3) is 0 Å². The largest absolute Gasteiger partial charge is 0.377 e. The van der Waals surface area contributed by atoms with Crippen LogP contribution >= 0.6 is 0 Å². The second kappa shape index (κ2) is 6.18. The van der Waals surface area contributed by atoms with Crippen LogP contribution in [-0.2, 0) is 11.2 Å². The van der Waals surface area contributed by atoms with E-state index in [2.05, 4.69) is 50.4 Å². The third kappa shape index (κ3) is 3.55. The summed E-state index contributed by atoms with van der Waals surface area (Å²) in [5.74, 6) is 0. The van der Waals surface area contributed by atoms with Crippen molar-refractivity contribution in [3.8, 4) is 0 Å². The van der Waals surface area contributed by atoms with Crippen LogP contribution in [0.4, 0.5) is 0 Å². The maximum Gasteiger partial charge on any atom is 0.0816 e. The molecule has 1 unspecified atom stereocenters. The molecule has 0 aromatic heterocycles. The van der Waals surface area contributed by atoms with E-state index < -0.39 is 0 Å². The lowest BCUT2D eigenvalue weighted by molar-refractivity contribution is -0.00899. The van der Waals surface area contributed by atoms with Crippen molar-refractivity contribution in [1.82, 2.24) is 5.32 Å². The first-order valence-electron chi connectivity index (χ1n) is 6.36. The molecule has 96 valence electrons. The lowest BCUT2D eigenvalue weighted by Crippen LogP contribution is -2.39. The molecule has 0 aliphatic rings. The fourth-order valence-corrected chi connectivity index (χ4v) is 2.20. The smallest absolute Gasteiger partial charge is 0.0816 e. The van der Waals surface area contributed by atoms with Crippen LogP contribution in [0.3, 0.4) is 0 Å². The first-order chi connectivity index (χ1) is 8.05. The molecule has 0 bridgehead atoms. The van der Waals surface area contributed by atoms with E-state index >= 15 is 0 Å². The van der Waals surface area contributed by atoms with Gasteiger partial charge in [-0.3, -0.25) is 0 Å². The number of ether oxygens (including phenoxy) is 1. The number of hydrogen-bond donors (Lipinski definition) is 1. The van der Waals surface area contributed by atoms with Crippen LogP contribution in [0, 0.1) is 0 Å². The summed E-state index contributed by atoms with van der Waals surface area (Å²) in [6, 6.07) is 9.05. The van der Waals surface area contributed by atoms with E-state index in [4.69, 9.17) is 4.74 Å². The van der Waals surface area contributed by atoms with Crippen LogP contribution in [0.1, 0.15) is 44.4 Å². The van der Waals surface area contributed by atoms with Crippen molar-refractivity contribution in [3.05, 3.63) is 35.4 Å². The van der Waals surface area contributed by atoms with Gasteiger partial charge in [0.05, 0.1) is 11.6 Å². The van der Waals surface area contributed by atoms with Gasteiger partial charge in [0.2, 0.25) is 0 Å². The predicted molar refractivity (Wildman–Crippen MR) is 73.3 cm³/mol. The Labute approximate surface area is 105 Å². The quantitative estimate of drug-likeness (QED) is 0.816. The molecule has 0 amide bonds. The Bertz CT molecular complexity index is 329. The molecule has 0 fully saturated rings. The van der Waals surface area contributed by atoms with Gasteiger partial charge in [0.1, 0.15) is 0 Å². The van der Waals surface area contributed by atoms with Crippen molar-refractivity contribution in [2.45, 2.75) is 45.3 Å². The van der Waals surface area contributed by atoms with Gasteiger partial charge < -0.3 is 10.1 Å². The Morgan fingerprint density at radius 3 is 2.24 bits per heavy atom. The number of aryl methyl sites for hydroxylation is 1. The summed E-state index contributed by atoms with van der Waals surface area (Å²) in [4.78, 5) is 0. The monoisotopic (exact) mass is 235 g/mol. The van der Waals surface area contributed by atoms with Crippen LogP contribution in [-0.4, -0.2) is 19.8 Å². The van der Waals surface area contributed by atoms with Gasteiger partial charge in [-0.2, -0.15) is 0 Å². The second-order valence-electron chi connectivity index (χ2n) is 5.02. The number of likely N-dealkylation sites (N-methyl/N-ethyl adjacent to an activating group) is 1. The Kier molecular flexibility index (Phi) is 5.16. The van der Waals surface area contributed by atoms with E-state index in [0.717, 1.165) is 6.42 Å². The summed E-state index contributed by atoms with van der Waals surface area (Å²) in [5, 5.41) is 3.34. The van der Waals surface area contributed by atoms with E-state index in [1.807, 2.05) is 7.05 Å². The third-order valence-electron chi connectivity index (χ3n) is 3.36. The molecule has 0 radical (unpaired) electrons. The molecule has 0 heterocycles. The van der Waals surface area contributed by atoms with Crippen LogP contribution in [0.5, 0.6) is 0 Å². The number of benzene rings is 1. The molecule has 0 saturated carbocycles. The fourth-order valence-electron chi connectivity index (χ4n) is 2.20. The summed E-state index contributed by atoms with van der Waals surface area (Å²) in [6.45, 7) is 6.42. The zero-order chi connectivity index (χ0) is 12.9. The molecule has 17 heavy (non-hydrogen) atoms. The number of nitrogens with one attached hydrogen (secondary N) is 1. The standard InChI is InChI=1S/C15H25NO/c1-6-7-12-8-10-13(11-9-12)14(16-4)15(2,3)17-5/h8-11,14,16H,6-7H2,1-5H3. The first kappa shape index (κ1) is 14.2. The van der Waals surface area contributed by atoms with Gasteiger partial charge in [0, 0.05) is 7.11 Å². The minimum absolute atomic E-state index is 0.207. The molecule has 0 aliphatic heterocycles. The van der Waals surface area contributed by atoms with Crippen LogP contribution in [0.15, 0.2) is 24.3 Å². The minimum Gasteiger partial charge on any atom is -0.377 e. The summed E-state index contributed by atoms with van der Waals surface area (Å²) in [5.41, 5.74) is 2.47. The van der Waals surface area contributed by atoms with Crippen molar-refractivity contribution < 1.29 is 4.74 Å². The van der Waals surface area contributed by atoms with Crippen molar-refractivity contribution in [2.24, 2.45) is 0 Å². The van der Waals surface area contributed by atoms with Crippen molar-refractivity contribution in [3.63, 3.8) is 0 Å². The molecule has 1 aromatic carbocycles. The molecule has 1 rings (SSSR count). The highest BCUT2D eigenvalue weighted by Gasteiger charge is 2.29. The average molecular weight is 235 g/mol. The van der Waals surface area contributed by atoms with Crippen LogP contribution < -0.4 is 5.32 Å². The summed E-state index contributed by atoms with van der Waals surface area (Å²) in [6.07, 6.45) is 2.34. The number of hydrogen-bond acceptors (Lipinski definition) is 2. The lowest BCUT2D eigenvalue weighted by atomic mass is 9.91. The highest BCUT2D eigenvalue weighted by molar-refractivity contribution is 5.27. The highest BCUT2D eigenvalue weighted by Crippen LogP contribution is 2.28. The Morgan fingerprint density at radius 1 is 1.24 bits per heavy atom. The zero-order valence-electron chi connectivity index (χ0n) is 11.7. The summed E-state index contributed by atoms with van der Waals surface area (Å²) in [7, 11) is 3.74. The maximum atomic E-state index is 5.56. The predicted octanol–water partition coefficient (Wildman–Crippen LogP) is 3.32. The average Bonchev–Trinajstić information content (AvgIpc) is 2.32. The molecule has 1 atom stereocenters. The van der Waals surface area contributed by atoms with Gasteiger partial charge in [-0.1, -0.05) is 37.6 Å². The van der Waals surface area contributed by atoms with E-state index in [0.29, 0.717) is 0 Å². The highest BCUT2D eigenvalue weighted by atomic mass is 16.5. The molecular formula is C15H25NO. The number of rotatable bonds is 6.